The number of furan rings is 1. The molecule has 1 heterocycles. The summed E-state index contributed by atoms with van der Waals surface area (Å²) in [6.07, 6.45) is 3.38. The summed E-state index contributed by atoms with van der Waals surface area (Å²) in [5.41, 5.74) is 1.06. The summed E-state index contributed by atoms with van der Waals surface area (Å²) >= 11 is 0. The first kappa shape index (κ1) is 22.6. The molecule has 7 nitrogen and oxygen atoms in total. The van der Waals surface area contributed by atoms with Crippen LogP contribution in [0.15, 0.2) is 46.0 Å². The highest BCUT2D eigenvalue weighted by Gasteiger charge is 2.12. The van der Waals surface area contributed by atoms with E-state index in [0.29, 0.717) is 13.1 Å². The maximum Gasteiger partial charge on any atom is 0.193 e. The second kappa shape index (κ2) is 12.7. The lowest BCUT2D eigenvalue weighted by Gasteiger charge is -2.23. The molecule has 1 aromatic carbocycles. The first-order valence-corrected chi connectivity index (χ1v) is 9.98. The Morgan fingerprint density at radius 2 is 2.07 bits per heavy atom. The van der Waals surface area contributed by atoms with Gasteiger partial charge in [-0.2, -0.15) is 0 Å². The second-order valence-electron chi connectivity index (χ2n) is 6.55. The molecule has 29 heavy (non-hydrogen) atoms. The van der Waals surface area contributed by atoms with Gasteiger partial charge in [0.05, 0.1) is 20.5 Å². The van der Waals surface area contributed by atoms with Crippen molar-refractivity contribution in [3.63, 3.8) is 0 Å². The number of rotatable bonds is 12. The molecule has 0 saturated carbocycles. The molecule has 0 unspecified atom stereocenters. The molecule has 0 fully saturated rings. The number of nitrogens with zero attached hydrogens (tertiary/aromatic N) is 2. The minimum Gasteiger partial charge on any atom is -0.497 e. The Kier molecular flexibility index (Phi) is 9.92. The Morgan fingerprint density at radius 1 is 1.21 bits per heavy atom. The van der Waals surface area contributed by atoms with Crippen molar-refractivity contribution < 1.29 is 18.6 Å². The van der Waals surface area contributed by atoms with Crippen molar-refractivity contribution in [2.24, 2.45) is 4.99 Å². The Balaban J connectivity index is 2.01. The number of hydrogen-bond acceptors (Lipinski definition) is 5. The van der Waals surface area contributed by atoms with E-state index in [0.717, 1.165) is 61.4 Å². The highest BCUT2D eigenvalue weighted by Crippen LogP contribution is 2.25. The van der Waals surface area contributed by atoms with Gasteiger partial charge in [-0.15, -0.1) is 0 Å². The van der Waals surface area contributed by atoms with Gasteiger partial charge in [-0.05, 0) is 37.6 Å². The highest BCUT2D eigenvalue weighted by molar-refractivity contribution is 5.79. The first-order valence-electron chi connectivity index (χ1n) is 9.98. The fourth-order valence-corrected chi connectivity index (χ4v) is 2.87. The van der Waals surface area contributed by atoms with Gasteiger partial charge in [-0.1, -0.05) is 0 Å². The van der Waals surface area contributed by atoms with E-state index < -0.39 is 0 Å². The van der Waals surface area contributed by atoms with E-state index in [-0.39, 0.29) is 0 Å². The van der Waals surface area contributed by atoms with Crippen LogP contribution in [0.25, 0.3) is 0 Å². The van der Waals surface area contributed by atoms with E-state index in [1.165, 1.54) is 0 Å². The van der Waals surface area contributed by atoms with Gasteiger partial charge in [0.15, 0.2) is 5.96 Å². The maximum absolute atomic E-state index is 5.53. The molecule has 0 spiro atoms. The van der Waals surface area contributed by atoms with Crippen molar-refractivity contribution in [3.05, 3.63) is 47.9 Å². The van der Waals surface area contributed by atoms with E-state index in [1.807, 2.05) is 44.3 Å². The Labute approximate surface area is 173 Å². The summed E-state index contributed by atoms with van der Waals surface area (Å²) in [5.74, 6) is 3.36. The standard InChI is InChI=1S/C22H33N3O4/c1-5-28-14-7-12-23-22(24-13-11-19-8-6-15-29-19)25(2)17-18-9-10-20(26-3)16-21(18)27-4/h6,8-10,15-16H,5,7,11-14,17H2,1-4H3,(H,23,24). The SMILES string of the molecule is CCOCCCN=C(NCCc1ccco1)N(C)Cc1ccc(OC)cc1OC. The predicted molar refractivity (Wildman–Crippen MR) is 115 cm³/mol. The lowest BCUT2D eigenvalue weighted by atomic mass is 10.2. The second-order valence-corrected chi connectivity index (χ2v) is 6.55. The number of hydrogen-bond donors (Lipinski definition) is 1. The van der Waals surface area contributed by atoms with Crippen LogP contribution in [-0.2, 0) is 17.7 Å². The zero-order valence-electron chi connectivity index (χ0n) is 17.9. The van der Waals surface area contributed by atoms with E-state index >= 15 is 0 Å². The van der Waals surface area contributed by atoms with Crippen molar-refractivity contribution in [1.82, 2.24) is 10.2 Å². The van der Waals surface area contributed by atoms with Gasteiger partial charge >= 0.3 is 0 Å². The fraction of sp³-hybridized carbons (Fsp3) is 0.500. The Bertz CT molecular complexity index is 732. The van der Waals surface area contributed by atoms with Crippen molar-refractivity contribution in [2.45, 2.75) is 26.3 Å². The third-order valence-corrected chi connectivity index (χ3v) is 4.41. The molecule has 0 amide bonds. The summed E-state index contributed by atoms with van der Waals surface area (Å²) in [5, 5.41) is 3.44. The molecule has 0 aliphatic carbocycles. The Morgan fingerprint density at radius 3 is 2.76 bits per heavy atom. The number of nitrogens with one attached hydrogen (secondary N) is 1. The molecule has 0 aliphatic rings. The summed E-state index contributed by atoms with van der Waals surface area (Å²) in [6.45, 7) is 5.55. The van der Waals surface area contributed by atoms with Crippen molar-refractivity contribution >= 4 is 5.96 Å². The molecule has 160 valence electrons. The number of aliphatic imine (C=N–C) groups is 1. The minimum atomic E-state index is 0.658. The van der Waals surface area contributed by atoms with E-state index in [4.69, 9.17) is 23.6 Å². The number of benzene rings is 1. The average Bonchev–Trinajstić information content (AvgIpc) is 3.26. The van der Waals surface area contributed by atoms with Gasteiger partial charge in [0.25, 0.3) is 0 Å². The number of methoxy groups -OCH3 is 2. The molecule has 0 bridgehead atoms. The van der Waals surface area contributed by atoms with Crippen LogP contribution in [0.5, 0.6) is 11.5 Å². The van der Waals surface area contributed by atoms with Crippen molar-refractivity contribution in [1.29, 1.82) is 0 Å². The summed E-state index contributed by atoms with van der Waals surface area (Å²) < 4.78 is 21.6. The summed E-state index contributed by atoms with van der Waals surface area (Å²) in [6, 6.07) is 9.73. The van der Waals surface area contributed by atoms with Crippen LogP contribution in [0.2, 0.25) is 0 Å². The minimum absolute atomic E-state index is 0.658. The maximum atomic E-state index is 5.53. The zero-order chi connectivity index (χ0) is 20.9. The van der Waals surface area contributed by atoms with Crippen LogP contribution < -0.4 is 14.8 Å². The van der Waals surface area contributed by atoms with Gasteiger partial charge in [0.1, 0.15) is 17.3 Å². The molecule has 0 aliphatic heterocycles. The van der Waals surface area contributed by atoms with Crippen LogP contribution in [0.1, 0.15) is 24.7 Å². The van der Waals surface area contributed by atoms with Crippen LogP contribution in [-0.4, -0.2) is 58.4 Å². The molecule has 7 heteroatoms. The number of ether oxygens (including phenoxy) is 3. The quantitative estimate of drug-likeness (QED) is 0.333. The molecule has 1 aromatic heterocycles. The Hall–Kier alpha value is -2.67. The van der Waals surface area contributed by atoms with Gasteiger partial charge in [-0.3, -0.25) is 4.99 Å². The van der Waals surface area contributed by atoms with E-state index in [9.17, 15) is 0 Å². The van der Waals surface area contributed by atoms with Crippen molar-refractivity contribution in [2.75, 3.05) is 47.6 Å². The predicted octanol–water partition coefficient (Wildman–Crippen LogP) is 3.34. The first-order chi connectivity index (χ1) is 14.2. The van der Waals surface area contributed by atoms with Gasteiger partial charge in [0, 0.05) is 57.9 Å². The largest absolute Gasteiger partial charge is 0.497 e. The normalized spacial score (nSPS) is 11.4. The van der Waals surface area contributed by atoms with E-state index in [1.54, 1.807) is 20.5 Å². The molecular weight excluding hydrogens is 370 g/mol. The molecule has 0 atom stereocenters. The van der Waals surface area contributed by atoms with Gasteiger partial charge < -0.3 is 28.8 Å². The molecule has 0 radical (unpaired) electrons. The van der Waals surface area contributed by atoms with Crippen molar-refractivity contribution in [3.8, 4) is 11.5 Å². The zero-order valence-corrected chi connectivity index (χ0v) is 17.9. The molecule has 2 aromatic rings. The topological polar surface area (TPSA) is 68.5 Å². The third-order valence-electron chi connectivity index (χ3n) is 4.41. The highest BCUT2D eigenvalue weighted by atomic mass is 16.5. The summed E-state index contributed by atoms with van der Waals surface area (Å²) in [4.78, 5) is 6.85. The lowest BCUT2D eigenvalue weighted by molar-refractivity contribution is 0.146. The van der Waals surface area contributed by atoms with Gasteiger partial charge in [0.2, 0.25) is 0 Å². The van der Waals surface area contributed by atoms with Gasteiger partial charge in [-0.25, -0.2) is 0 Å². The lowest BCUT2D eigenvalue weighted by Crippen LogP contribution is -2.39. The molecule has 1 N–H and O–H groups in total. The third kappa shape index (κ3) is 7.69. The molecular formula is C22H33N3O4. The van der Waals surface area contributed by atoms with Crippen LogP contribution in [0.4, 0.5) is 0 Å². The monoisotopic (exact) mass is 403 g/mol. The fourth-order valence-electron chi connectivity index (χ4n) is 2.87. The van der Waals surface area contributed by atoms with Crippen LogP contribution in [0, 0.1) is 0 Å². The number of guanidine groups is 1. The van der Waals surface area contributed by atoms with Crippen LogP contribution >= 0.6 is 0 Å². The molecule has 2 rings (SSSR count). The van der Waals surface area contributed by atoms with E-state index in [2.05, 4.69) is 10.2 Å². The van der Waals surface area contributed by atoms with Crippen LogP contribution in [0.3, 0.4) is 0 Å². The average molecular weight is 404 g/mol. The summed E-state index contributed by atoms with van der Waals surface area (Å²) in [7, 11) is 5.34. The molecule has 0 saturated heterocycles. The smallest absolute Gasteiger partial charge is 0.193 e.